The second kappa shape index (κ2) is 1.12. The van der Waals surface area contributed by atoms with Crippen LogP contribution in [0.5, 0.6) is 0 Å². The molecule has 0 saturated heterocycles. The molecule has 0 unspecified atom stereocenters. The highest BCUT2D eigenvalue weighted by Gasteiger charge is 2.26. The van der Waals surface area contributed by atoms with Crippen molar-refractivity contribution in [2.45, 2.75) is 0 Å². The summed E-state index contributed by atoms with van der Waals surface area (Å²) in [5.41, 5.74) is 7.82. The normalized spacial score (nSPS) is 12.0. The summed E-state index contributed by atoms with van der Waals surface area (Å²) in [6.07, 6.45) is 0. The lowest BCUT2D eigenvalue weighted by Gasteiger charge is -1.78. The van der Waals surface area contributed by atoms with Crippen molar-refractivity contribution in [3.05, 3.63) is 0 Å². The molecule has 0 aromatic carbocycles. The third kappa shape index (κ3) is 466. The Bertz CT molecular complexity index is 23.1. The Morgan fingerprint density at radius 1 is 1.20 bits per heavy atom. The first kappa shape index (κ1) is 5.21. The summed E-state index contributed by atoms with van der Waals surface area (Å²) in [6.45, 7) is 0. The van der Waals surface area contributed by atoms with Gasteiger partial charge in [0.15, 0.2) is 0 Å². The maximum Gasteiger partial charge on any atom is 0.531 e. The van der Waals surface area contributed by atoms with Gasteiger partial charge in [-0.2, -0.15) is 0 Å². The van der Waals surface area contributed by atoms with Gasteiger partial charge < -0.3 is 0 Å². The fourth-order valence-electron chi connectivity index (χ4n) is 0. The first-order valence-corrected chi connectivity index (χ1v) is 2.56. The Hall–Kier alpha value is 0.210. The average Bonchev–Trinajstić information content (AvgIpc) is 0.722. The van der Waals surface area contributed by atoms with E-state index in [4.69, 9.17) is 0 Å². The molecule has 0 fully saturated rings. The smallest absolute Gasteiger partial charge is 0.130 e. The molecule has 0 rings (SSSR count). The molecule has 4 N–H and O–H groups in total. The monoisotopic (exact) mass is 101 g/mol. The zero-order chi connectivity index (χ0) is 4.50. The second-order valence-electron chi connectivity index (χ2n) is 0.603. The largest absolute Gasteiger partial charge is 0.531 e. The van der Waals surface area contributed by atoms with Crippen molar-refractivity contribution in [1.29, 1.82) is 0 Å². The number of rotatable bonds is 0. The van der Waals surface area contributed by atoms with E-state index in [1.54, 1.807) is 0 Å². The van der Waals surface area contributed by atoms with Crippen molar-refractivity contribution >= 4 is 8.19 Å². The van der Waals surface area contributed by atoms with Crippen LogP contribution in [-0.2, 0) is 0 Å². The molecule has 0 saturated carbocycles. The van der Waals surface area contributed by atoms with Gasteiger partial charge in [0.1, 0.15) is 0 Å². The summed E-state index contributed by atoms with van der Waals surface area (Å²) in [7, 11) is -4.39. The van der Waals surface area contributed by atoms with Crippen LogP contribution in [0.25, 0.3) is 0 Å². The Balaban J connectivity index is 3.02. The molecule has 0 heterocycles. The van der Waals surface area contributed by atoms with E-state index in [1.165, 1.54) is 0 Å². The molecule has 0 aliphatic rings. The lowest BCUT2D eigenvalue weighted by molar-refractivity contribution is 0.705. The standard InChI is InChI=1S/F2H4N2P/c1-5(2,3)4/h3-4H2/q+1. The van der Waals surface area contributed by atoms with Crippen LogP contribution in [0.4, 0.5) is 8.39 Å². The lowest BCUT2D eigenvalue weighted by Crippen LogP contribution is -2.00. The lowest BCUT2D eigenvalue weighted by atomic mass is 13.9. The van der Waals surface area contributed by atoms with Crippen LogP contribution in [0.1, 0.15) is 0 Å². The van der Waals surface area contributed by atoms with Crippen molar-refractivity contribution in [1.82, 2.24) is 0 Å². The SMILES string of the molecule is N[P+](N)(F)F. The van der Waals surface area contributed by atoms with Crippen LogP contribution in [0.2, 0.25) is 0 Å². The summed E-state index contributed by atoms with van der Waals surface area (Å²) < 4.78 is 21.4. The number of hydrogen-bond donors (Lipinski definition) is 2. The molecule has 0 aliphatic carbocycles. The molecule has 0 amide bonds. The molecule has 0 aliphatic heterocycles. The van der Waals surface area contributed by atoms with E-state index in [0.29, 0.717) is 0 Å². The van der Waals surface area contributed by atoms with E-state index in [1.807, 2.05) is 0 Å². The molecular formula is H4F2N2P+. The topological polar surface area (TPSA) is 52.0 Å². The van der Waals surface area contributed by atoms with E-state index in [2.05, 4.69) is 11.0 Å². The quantitative estimate of drug-likeness (QED) is 0.437. The molecule has 5 heavy (non-hydrogen) atoms. The van der Waals surface area contributed by atoms with Gasteiger partial charge in [-0.3, -0.25) is 0 Å². The van der Waals surface area contributed by atoms with Gasteiger partial charge in [-0.1, -0.05) is 0 Å². The van der Waals surface area contributed by atoms with Gasteiger partial charge in [-0.15, -0.1) is 11.0 Å². The fraction of sp³-hybridized carbons (Fsp3) is 0. The van der Waals surface area contributed by atoms with Crippen LogP contribution in [0.3, 0.4) is 0 Å². The summed E-state index contributed by atoms with van der Waals surface area (Å²) in [5.74, 6) is 0. The van der Waals surface area contributed by atoms with E-state index < -0.39 is 8.19 Å². The van der Waals surface area contributed by atoms with Crippen LogP contribution in [0, 0.1) is 0 Å². The minimum Gasteiger partial charge on any atom is -0.130 e. The van der Waals surface area contributed by atoms with Crippen LogP contribution >= 0.6 is 8.19 Å². The van der Waals surface area contributed by atoms with Crippen LogP contribution < -0.4 is 11.0 Å². The van der Waals surface area contributed by atoms with Crippen LogP contribution in [0.15, 0.2) is 0 Å². The van der Waals surface area contributed by atoms with Gasteiger partial charge in [0.25, 0.3) is 0 Å². The Labute approximate surface area is 28.8 Å². The van der Waals surface area contributed by atoms with Gasteiger partial charge in [-0.25, -0.2) is 0 Å². The van der Waals surface area contributed by atoms with Gasteiger partial charge >= 0.3 is 8.19 Å². The third-order valence-electron chi connectivity index (χ3n) is 0. The maximum atomic E-state index is 10.7. The van der Waals surface area contributed by atoms with E-state index in [9.17, 15) is 8.39 Å². The van der Waals surface area contributed by atoms with Crippen molar-refractivity contribution < 1.29 is 8.39 Å². The average molecular weight is 101 g/mol. The fourth-order valence-corrected chi connectivity index (χ4v) is 0. The zero-order valence-electron chi connectivity index (χ0n) is 2.36. The molecule has 0 aromatic rings. The molecule has 5 heteroatoms. The summed E-state index contributed by atoms with van der Waals surface area (Å²) >= 11 is 0. The highest BCUT2D eigenvalue weighted by atomic mass is 31.3. The zero-order valence-corrected chi connectivity index (χ0v) is 3.25. The highest BCUT2D eigenvalue weighted by molar-refractivity contribution is 7.60. The molecule has 0 spiro atoms. The predicted octanol–water partition coefficient (Wildman–Crippen LogP) is 0.520. The second-order valence-corrected chi connectivity index (χ2v) is 1.81. The van der Waals surface area contributed by atoms with Gasteiger partial charge in [0, 0.05) is 8.39 Å². The first-order chi connectivity index (χ1) is 2.00. The van der Waals surface area contributed by atoms with Crippen molar-refractivity contribution in [3.8, 4) is 0 Å². The molecule has 0 bridgehead atoms. The van der Waals surface area contributed by atoms with Gasteiger partial charge in [0.2, 0.25) is 0 Å². The molecular weight excluding hydrogens is 97.0 g/mol. The number of hydrogen-bond acceptors (Lipinski definition) is 2. The Kier molecular flexibility index (Phi) is 1.17. The van der Waals surface area contributed by atoms with E-state index >= 15 is 0 Å². The molecule has 0 atom stereocenters. The maximum absolute atomic E-state index is 10.7. The number of halogens is 2. The molecule has 0 radical (unpaired) electrons. The Morgan fingerprint density at radius 2 is 1.20 bits per heavy atom. The van der Waals surface area contributed by atoms with Crippen LogP contribution in [-0.4, -0.2) is 0 Å². The minimum atomic E-state index is -4.39. The molecule has 32 valence electrons. The predicted molar refractivity (Wildman–Crippen MR) is 17.5 cm³/mol. The van der Waals surface area contributed by atoms with Crippen molar-refractivity contribution in [2.75, 3.05) is 0 Å². The summed E-state index contributed by atoms with van der Waals surface area (Å²) in [6, 6.07) is 0. The van der Waals surface area contributed by atoms with E-state index in [-0.39, 0.29) is 0 Å². The summed E-state index contributed by atoms with van der Waals surface area (Å²) in [4.78, 5) is 0. The van der Waals surface area contributed by atoms with Gasteiger partial charge in [0.05, 0.1) is 0 Å². The Morgan fingerprint density at radius 3 is 1.20 bits per heavy atom. The van der Waals surface area contributed by atoms with Gasteiger partial charge in [-0.05, 0) is 0 Å². The number of nitrogens with two attached hydrogens (primary N) is 2. The third-order valence-corrected chi connectivity index (χ3v) is 0. The van der Waals surface area contributed by atoms with E-state index in [0.717, 1.165) is 0 Å². The highest BCUT2D eigenvalue weighted by Crippen LogP contribution is 2.43. The summed E-state index contributed by atoms with van der Waals surface area (Å²) in [5, 5.41) is 0. The molecule has 2 nitrogen and oxygen atoms in total. The van der Waals surface area contributed by atoms with Crippen molar-refractivity contribution in [3.63, 3.8) is 0 Å². The molecule has 0 aromatic heterocycles. The first-order valence-electron chi connectivity index (χ1n) is 0.854. The van der Waals surface area contributed by atoms with Crippen molar-refractivity contribution in [2.24, 2.45) is 11.0 Å². The minimum absolute atomic E-state index is 3.91.